The number of aldehydes is 1. The number of hydrogen-bond acceptors (Lipinski definition) is 7. The Morgan fingerprint density at radius 2 is 1.96 bits per heavy atom. The highest BCUT2D eigenvalue weighted by Crippen LogP contribution is 2.20. The van der Waals surface area contributed by atoms with E-state index in [1.165, 1.54) is 4.68 Å². The SMILES string of the molecule is CCOC(=O)c1nn(-c2ccc(C)cc2)/c(=N/c2c(C=O)c(C)nn2C)s1. The van der Waals surface area contributed by atoms with Gasteiger partial charge in [-0.1, -0.05) is 29.0 Å². The fourth-order valence-corrected chi connectivity index (χ4v) is 3.31. The molecule has 0 saturated carbocycles. The van der Waals surface area contributed by atoms with Crippen LogP contribution in [0.25, 0.3) is 5.69 Å². The third-order valence-electron chi connectivity index (χ3n) is 3.85. The van der Waals surface area contributed by atoms with Crippen molar-refractivity contribution in [3.05, 3.63) is 50.9 Å². The summed E-state index contributed by atoms with van der Waals surface area (Å²) >= 11 is 1.09. The molecule has 0 amide bonds. The van der Waals surface area contributed by atoms with Gasteiger partial charge < -0.3 is 4.74 Å². The van der Waals surface area contributed by atoms with E-state index >= 15 is 0 Å². The number of esters is 1. The van der Waals surface area contributed by atoms with Crippen LogP contribution in [-0.2, 0) is 11.8 Å². The summed E-state index contributed by atoms with van der Waals surface area (Å²) in [5.41, 5.74) is 2.84. The predicted octanol–water partition coefficient (Wildman–Crippen LogP) is 2.51. The van der Waals surface area contributed by atoms with Crippen LogP contribution in [0.3, 0.4) is 0 Å². The summed E-state index contributed by atoms with van der Waals surface area (Å²) in [6, 6.07) is 7.66. The summed E-state index contributed by atoms with van der Waals surface area (Å²) in [4.78, 5) is 28.6. The fourth-order valence-electron chi connectivity index (χ4n) is 2.51. The number of rotatable bonds is 5. The average molecular weight is 385 g/mol. The molecule has 2 aromatic heterocycles. The van der Waals surface area contributed by atoms with Gasteiger partial charge in [0.25, 0.3) is 0 Å². The summed E-state index contributed by atoms with van der Waals surface area (Å²) in [6.07, 6.45) is 0.727. The van der Waals surface area contributed by atoms with Crippen molar-refractivity contribution in [1.29, 1.82) is 0 Å². The monoisotopic (exact) mass is 385 g/mol. The minimum absolute atomic E-state index is 0.183. The van der Waals surface area contributed by atoms with Gasteiger partial charge in [0, 0.05) is 7.05 Å². The summed E-state index contributed by atoms with van der Waals surface area (Å²) in [5.74, 6) is -0.107. The van der Waals surface area contributed by atoms with Crippen molar-refractivity contribution in [3.63, 3.8) is 0 Å². The van der Waals surface area contributed by atoms with E-state index in [0.717, 1.165) is 28.9 Å². The first kappa shape index (κ1) is 18.7. The number of carbonyl (C=O) groups is 2. The molecule has 140 valence electrons. The first-order valence-electron chi connectivity index (χ1n) is 8.32. The molecule has 0 aliphatic carbocycles. The summed E-state index contributed by atoms with van der Waals surface area (Å²) in [6.45, 7) is 5.72. The van der Waals surface area contributed by atoms with Gasteiger partial charge in [-0.25, -0.2) is 14.2 Å². The second kappa shape index (κ2) is 7.67. The number of ether oxygens (including phenoxy) is 1. The molecule has 8 nitrogen and oxygen atoms in total. The van der Waals surface area contributed by atoms with Crippen molar-refractivity contribution in [1.82, 2.24) is 19.6 Å². The van der Waals surface area contributed by atoms with Crippen LogP contribution in [0.15, 0.2) is 29.3 Å². The molecule has 3 aromatic rings. The van der Waals surface area contributed by atoms with Gasteiger partial charge in [-0.05, 0) is 32.9 Å². The van der Waals surface area contributed by atoms with Crippen LogP contribution in [0.2, 0.25) is 0 Å². The van der Waals surface area contributed by atoms with Gasteiger partial charge in [0.05, 0.1) is 23.6 Å². The van der Waals surface area contributed by atoms with Crippen LogP contribution in [0, 0.1) is 13.8 Å². The molecule has 0 fully saturated rings. The van der Waals surface area contributed by atoms with E-state index in [4.69, 9.17) is 4.74 Å². The Morgan fingerprint density at radius 1 is 1.26 bits per heavy atom. The molecule has 9 heteroatoms. The maximum Gasteiger partial charge on any atom is 0.369 e. The molecule has 0 spiro atoms. The number of aromatic nitrogens is 4. The molecule has 3 rings (SSSR count). The van der Waals surface area contributed by atoms with Crippen molar-refractivity contribution < 1.29 is 14.3 Å². The lowest BCUT2D eigenvalue weighted by Gasteiger charge is -2.02. The van der Waals surface area contributed by atoms with Crippen LogP contribution >= 0.6 is 11.3 Å². The van der Waals surface area contributed by atoms with Gasteiger partial charge in [-0.15, -0.1) is 5.10 Å². The van der Waals surface area contributed by atoms with E-state index in [2.05, 4.69) is 15.2 Å². The lowest BCUT2D eigenvalue weighted by molar-refractivity contribution is 0.0524. The Kier molecular flexibility index (Phi) is 5.31. The Morgan fingerprint density at radius 3 is 2.59 bits per heavy atom. The number of benzene rings is 1. The Balaban J connectivity index is 2.23. The molecule has 0 radical (unpaired) electrons. The number of aryl methyl sites for hydroxylation is 3. The van der Waals surface area contributed by atoms with Crippen molar-refractivity contribution in [2.45, 2.75) is 20.8 Å². The third-order valence-corrected chi connectivity index (χ3v) is 4.73. The maximum absolute atomic E-state index is 12.1. The molecular weight excluding hydrogens is 366 g/mol. The van der Waals surface area contributed by atoms with Crippen LogP contribution < -0.4 is 4.80 Å². The van der Waals surface area contributed by atoms with Gasteiger partial charge in [-0.2, -0.15) is 10.1 Å². The smallest absolute Gasteiger partial charge is 0.369 e. The predicted molar refractivity (Wildman–Crippen MR) is 101 cm³/mol. The minimum Gasteiger partial charge on any atom is -0.461 e. The first-order valence-corrected chi connectivity index (χ1v) is 9.14. The second-order valence-electron chi connectivity index (χ2n) is 5.83. The Bertz CT molecular complexity index is 1060. The molecule has 0 unspecified atom stereocenters. The zero-order chi connectivity index (χ0) is 19.6. The summed E-state index contributed by atoms with van der Waals surface area (Å²) in [7, 11) is 1.71. The number of nitrogens with zero attached hydrogens (tertiary/aromatic N) is 5. The molecule has 1 aromatic carbocycles. The number of hydrogen-bond donors (Lipinski definition) is 0. The zero-order valence-corrected chi connectivity index (χ0v) is 16.3. The van der Waals surface area contributed by atoms with Crippen molar-refractivity contribution >= 4 is 29.4 Å². The van der Waals surface area contributed by atoms with Crippen molar-refractivity contribution in [2.75, 3.05) is 6.61 Å². The quantitative estimate of drug-likeness (QED) is 0.497. The van der Waals surface area contributed by atoms with Crippen LogP contribution in [0.4, 0.5) is 5.82 Å². The standard InChI is InChI=1S/C18H19N5O3S/c1-5-26-17(25)16-21-23(13-8-6-11(2)7-9-13)18(27-16)19-15-14(10-24)12(3)20-22(15)4/h6-10H,5H2,1-4H3/b19-18-. The molecule has 27 heavy (non-hydrogen) atoms. The van der Waals surface area contributed by atoms with E-state index in [-0.39, 0.29) is 11.6 Å². The number of carbonyl (C=O) groups excluding carboxylic acids is 2. The maximum atomic E-state index is 12.1. The minimum atomic E-state index is -0.512. The third kappa shape index (κ3) is 3.72. The lowest BCUT2D eigenvalue weighted by Crippen LogP contribution is -2.15. The largest absolute Gasteiger partial charge is 0.461 e. The van der Waals surface area contributed by atoms with Gasteiger partial charge in [0.15, 0.2) is 12.1 Å². The highest BCUT2D eigenvalue weighted by Gasteiger charge is 2.17. The molecule has 0 bridgehead atoms. The Labute approximate surface area is 159 Å². The first-order chi connectivity index (χ1) is 12.9. The van der Waals surface area contributed by atoms with Crippen LogP contribution in [-0.4, -0.2) is 38.4 Å². The van der Waals surface area contributed by atoms with Gasteiger partial charge in [0.1, 0.15) is 0 Å². The average Bonchev–Trinajstić information content (AvgIpc) is 3.17. The zero-order valence-electron chi connectivity index (χ0n) is 15.5. The van der Waals surface area contributed by atoms with Crippen LogP contribution in [0.1, 0.15) is 38.3 Å². The van der Waals surface area contributed by atoms with Crippen LogP contribution in [0.5, 0.6) is 0 Å². The molecule has 0 N–H and O–H groups in total. The summed E-state index contributed by atoms with van der Waals surface area (Å²) < 4.78 is 8.15. The topological polar surface area (TPSA) is 91.4 Å². The highest BCUT2D eigenvalue weighted by atomic mass is 32.1. The molecular formula is C18H19N5O3S. The van der Waals surface area contributed by atoms with Gasteiger partial charge in [0.2, 0.25) is 9.81 Å². The molecule has 2 heterocycles. The van der Waals surface area contributed by atoms with E-state index in [0.29, 0.717) is 21.9 Å². The molecule has 0 aliphatic heterocycles. The van der Waals surface area contributed by atoms with Gasteiger partial charge >= 0.3 is 5.97 Å². The lowest BCUT2D eigenvalue weighted by atomic mass is 10.2. The van der Waals surface area contributed by atoms with E-state index in [9.17, 15) is 9.59 Å². The molecule has 0 saturated heterocycles. The van der Waals surface area contributed by atoms with Crippen molar-refractivity contribution in [3.8, 4) is 5.69 Å². The van der Waals surface area contributed by atoms with E-state index < -0.39 is 5.97 Å². The normalized spacial score (nSPS) is 11.6. The van der Waals surface area contributed by atoms with Crippen molar-refractivity contribution in [2.24, 2.45) is 12.0 Å². The second-order valence-corrected chi connectivity index (χ2v) is 6.79. The van der Waals surface area contributed by atoms with E-state index in [1.807, 2.05) is 31.2 Å². The Hall–Kier alpha value is -3.07. The molecule has 0 aliphatic rings. The fraction of sp³-hybridized carbons (Fsp3) is 0.278. The summed E-state index contributed by atoms with van der Waals surface area (Å²) in [5, 5.41) is 8.79. The van der Waals surface area contributed by atoms with E-state index in [1.54, 1.807) is 25.6 Å². The van der Waals surface area contributed by atoms with Gasteiger partial charge in [-0.3, -0.25) is 4.79 Å². The highest BCUT2D eigenvalue weighted by molar-refractivity contribution is 7.10. The molecule has 0 atom stereocenters.